The fourth-order valence-electron chi connectivity index (χ4n) is 4.51. The molecule has 0 aromatic heterocycles. The third-order valence-electron chi connectivity index (χ3n) is 5.98. The van der Waals surface area contributed by atoms with Crippen molar-refractivity contribution in [2.24, 2.45) is 5.92 Å². The highest BCUT2D eigenvalue weighted by atomic mass is 16.5. The zero-order valence-corrected chi connectivity index (χ0v) is 17.1. The lowest BCUT2D eigenvalue weighted by atomic mass is 9.83. The van der Waals surface area contributed by atoms with E-state index in [1.807, 2.05) is 12.1 Å². The Morgan fingerprint density at radius 1 is 1.14 bits per heavy atom. The summed E-state index contributed by atoms with van der Waals surface area (Å²) in [7, 11) is 3.34. The molecule has 2 aliphatic heterocycles. The maximum Gasteiger partial charge on any atom is 0.225 e. The van der Waals surface area contributed by atoms with Crippen LogP contribution in [0.4, 0.5) is 11.4 Å². The molecule has 1 saturated heterocycles. The second kappa shape index (κ2) is 8.74. The summed E-state index contributed by atoms with van der Waals surface area (Å²) in [6, 6.07) is 16.8. The van der Waals surface area contributed by atoms with Gasteiger partial charge >= 0.3 is 0 Å². The Hall–Kier alpha value is -2.73. The molecule has 2 aromatic carbocycles. The third kappa shape index (κ3) is 4.03. The Morgan fingerprint density at radius 3 is 2.83 bits per heavy atom. The van der Waals surface area contributed by atoms with E-state index in [1.165, 1.54) is 11.3 Å². The number of methoxy groups -OCH3 is 2. The van der Waals surface area contributed by atoms with Gasteiger partial charge in [-0.2, -0.15) is 0 Å². The molecule has 1 fully saturated rings. The topological polar surface area (TPSA) is 54.0 Å². The van der Waals surface area contributed by atoms with Crippen LogP contribution in [-0.2, 0) is 16.0 Å². The first-order valence-corrected chi connectivity index (χ1v) is 10.2. The van der Waals surface area contributed by atoms with Crippen LogP contribution in [0.3, 0.4) is 0 Å². The highest BCUT2D eigenvalue weighted by Crippen LogP contribution is 2.37. The molecule has 1 amide bonds. The standard InChI is InChI=1S/C23H29N3O3/c1-28-13-10-24-23(27)20-14-17-6-3-4-9-21(17)26-12-11-25(16-22(20)26)18-7-5-8-19(15-18)29-2/h3-9,15,20,22H,10-14,16H2,1-2H3,(H,24,27)/t20-,22+/m0/s1. The van der Waals surface area contributed by atoms with E-state index < -0.39 is 0 Å². The lowest BCUT2D eigenvalue weighted by molar-refractivity contribution is -0.126. The largest absolute Gasteiger partial charge is 0.497 e. The fraction of sp³-hybridized carbons (Fsp3) is 0.435. The van der Waals surface area contributed by atoms with Gasteiger partial charge in [-0.1, -0.05) is 24.3 Å². The van der Waals surface area contributed by atoms with E-state index in [1.54, 1.807) is 14.2 Å². The maximum absolute atomic E-state index is 13.0. The van der Waals surface area contributed by atoms with Crippen LogP contribution >= 0.6 is 0 Å². The van der Waals surface area contributed by atoms with E-state index in [0.717, 1.165) is 37.5 Å². The number of nitrogens with one attached hydrogen (secondary N) is 1. The van der Waals surface area contributed by atoms with Gasteiger partial charge in [0.05, 0.1) is 25.7 Å². The van der Waals surface area contributed by atoms with E-state index in [9.17, 15) is 4.79 Å². The Bertz CT molecular complexity index is 857. The number of anilines is 2. The summed E-state index contributed by atoms with van der Waals surface area (Å²) in [5.74, 6) is 0.877. The number of para-hydroxylation sites is 1. The van der Waals surface area contributed by atoms with Gasteiger partial charge in [0, 0.05) is 50.7 Å². The lowest BCUT2D eigenvalue weighted by Gasteiger charge is -2.49. The predicted octanol–water partition coefficient (Wildman–Crippen LogP) is 2.33. The molecule has 0 unspecified atom stereocenters. The normalized spacial score (nSPS) is 20.6. The fourth-order valence-corrected chi connectivity index (χ4v) is 4.51. The molecule has 0 radical (unpaired) electrons. The summed E-state index contributed by atoms with van der Waals surface area (Å²) in [6.45, 7) is 3.68. The van der Waals surface area contributed by atoms with Crippen molar-refractivity contribution in [2.75, 3.05) is 56.8 Å². The van der Waals surface area contributed by atoms with Gasteiger partial charge in [-0.05, 0) is 30.2 Å². The molecule has 2 aliphatic rings. The molecule has 0 spiro atoms. The molecule has 154 valence electrons. The molecule has 0 bridgehead atoms. The summed E-state index contributed by atoms with van der Waals surface area (Å²) in [5, 5.41) is 3.06. The summed E-state index contributed by atoms with van der Waals surface area (Å²) in [5.41, 5.74) is 3.66. The number of hydrogen-bond acceptors (Lipinski definition) is 5. The SMILES string of the molecule is COCCNC(=O)[C@H]1Cc2ccccc2N2CCN(c3cccc(OC)c3)C[C@H]12. The van der Waals surface area contributed by atoms with Crippen LogP contribution in [0.5, 0.6) is 5.75 Å². The van der Waals surface area contributed by atoms with Gasteiger partial charge in [-0.15, -0.1) is 0 Å². The molecule has 6 nitrogen and oxygen atoms in total. The molecule has 2 heterocycles. The molecule has 0 aliphatic carbocycles. The van der Waals surface area contributed by atoms with Gasteiger partial charge in [-0.25, -0.2) is 0 Å². The molecule has 6 heteroatoms. The number of amides is 1. The Kier molecular flexibility index (Phi) is 5.90. The first-order valence-electron chi connectivity index (χ1n) is 10.2. The number of hydrogen-bond donors (Lipinski definition) is 1. The van der Waals surface area contributed by atoms with Crippen molar-refractivity contribution in [2.45, 2.75) is 12.5 Å². The van der Waals surface area contributed by atoms with Crippen molar-refractivity contribution in [3.8, 4) is 5.75 Å². The van der Waals surface area contributed by atoms with Gasteiger partial charge in [0.25, 0.3) is 0 Å². The first kappa shape index (κ1) is 19.6. The number of rotatable bonds is 6. The number of benzene rings is 2. The smallest absolute Gasteiger partial charge is 0.225 e. The second-order valence-corrected chi connectivity index (χ2v) is 7.63. The quantitative estimate of drug-likeness (QED) is 0.761. The van der Waals surface area contributed by atoms with Gasteiger partial charge in [0.15, 0.2) is 0 Å². The summed E-state index contributed by atoms with van der Waals surface area (Å²) in [4.78, 5) is 17.8. The number of ether oxygens (including phenoxy) is 2. The maximum atomic E-state index is 13.0. The van der Waals surface area contributed by atoms with Crippen LogP contribution in [-0.4, -0.2) is 59.0 Å². The molecule has 2 atom stereocenters. The average Bonchev–Trinajstić information content (AvgIpc) is 2.78. The Morgan fingerprint density at radius 2 is 2.00 bits per heavy atom. The van der Waals surface area contributed by atoms with Crippen LogP contribution < -0.4 is 19.9 Å². The van der Waals surface area contributed by atoms with Crippen molar-refractivity contribution < 1.29 is 14.3 Å². The number of carbonyl (C=O) groups is 1. The molecular weight excluding hydrogens is 366 g/mol. The van der Waals surface area contributed by atoms with Gasteiger partial charge in [-0.3, -0.25) is 4.79 Å². The van der Waals surface area contributed by atoms with E-state index in [-0.39, 0.29) is 17.9 Å². The Balaban J connectivity index is 1.59. The number of carbonyl (C=O) groups excluding carboxylic acids is 1. The summed E-state index contributed by atoms with van der Waals surface area (Å²) in [6.07, 6.45) is 0.766. The molecule has 29 heavy (non-hydrogen) atoms. The van der Waals surface area contributed by atoms with E-state index >= 15 is 0 Å². The van der Waals surface area contributed by atoms with Crippen LogP contribution in [0.25, 0.3) is 0 Å². The Labute approximate surface area is 172 Å². The van der Waals surface area contributed by atoms with Gasteiger partial charge in [0.1, 0.15) is 5.75 Å². The lowest BCUT2D eigenvalue weighted by Crippen LogP contribution is -2.61. The van der Waals surface area contributed by atoms with E-state index in [4.69, 9.17) is 9.47 Å². The second-order valence-electron chi connectivity index (χ2n) is 7.63. The number of nitrogens with zero attached hydrogens (tertiary/aromatic N) is 2. The van der Waals surface area contributed by atoms with Crippen molar-refractivity contribution >= 4 is 17.3 Å². The molecule has 0 saturated carbocycles. The minimum absolute atomic E-state index is 0.0878. The number of fused-ring (bicyclic) bond motifs is 3. The molecule has 4 rings (SSSR count). The minimum Gasteiger partial charge on any atom is -0.497 e. The monoisotopic (exact) mass is 395 g/mol. The van der Waals surface area contributed by atoms with Crippen LogP contribution in [0.1, 0.15) is 5.56 Å². The molecule has 1 N–H and O–H groups in total. The highest BCUT2D eigenvalue weighted by molar-refractivity contribution is 5.82. The number of piperazine rings is 1. The van der Waals surface area contributed by atoms with Crippen molar-refractivity contribution in [1.82, 2.24) is 5.32 Å². The van der Waals surface area contributed by atoms with Crippen molar-refractivity contribution in [3.05, 3.63) is 54.1 Å². The zero-order chi connectivity index (χ0) is 20.2. The molecular formula is C23H29N3O3. The van der Waals surface area contributed by atoms with Crippen LogP contribution in [0, 0.1) is 5.92 Å². The summed E-state index contributed by atoms with van der Waals surface area (Å²) >= 11 is 0. The third-order valence-corrected chi connectivity index (χ3v) is 5.98. The van der Waals surface area contributed by atoms with Gasteiger partial charge < -0.3 is 24.6 Å². The zero-order valence-electron chi connectivity index (χ0n) is 17.1. The van der Waals surface area contributed by atoms with Crippen LogP contribution in [0.15, 0.2) is 48.5 Å². The average molecular weight is 396 g/mol. The van der Waals surface area contributed by atoms with Crippen LogP contribution in [0.2, 0.25) is 0 Å². The van der Waals surface area contributed by atoms with Gasteiger partial charge in [0.2, 0.25) is 5.91 Å². The van der Waals surface area contributed by atoms with Crippen molar-refractivity contribution in [1.29, 1.82) is 0 Å². The predicted molar refractivity (Wildman–Crippen MR) is 115 cm³/mol. The van der Waals surface area contributed by atoms with E-state index in [2.05, 4.69) is 51.5 Å². The molecule has 2 aromatic rings. The first-order chi connectivity index (χ1) is 14.2. The minimum atomic E-state index is -0.0878. The van der Waals surface area contributed by atoms with E-state index in [0.29, 0.717) is 13.2 Å². The summed E-state index contributed by atoms with van der Waals surface area (Å²) < 4.78 is 10.5. The van der Waals surface area contributed by atoms with Crippen molar-refractivity contribution in [3.63, 3.8) is 0 Å². The highest BCUT2D eigenvalue weighted by Gasteiger charge is 2.41.